The molecule has 5 rings (SSSR count). The number of ether oxygens (including phenoxy) is 4. The van der Waals surface area contributed by atoms with Gasteiger partial charge in [-0.1, -0.05) is 12.1 Å². The second-order valence-electron chi connectivity index (χ2n) is 8.54. The van der Waals surface area contributed by atoms with Crippen molar-refractivity contribution < 1.29 is 23.7 Å². The van der Waals surface area contributed by atoms with Crippen LogP contribution in [0.4, 0.5) is 5.69 Å². The third kappa shape index (κ3) is 5.40. The third-order valence-corrected chi connectivity index (χ3v) is 6.15. The molecule has 0 unspecified atom stereocenters. The maximum atomic E-state index is 12.7. The van der Waals surface area contributed by atoms with Gasteiger partial charge in [0.1, 0.15) is 6.61 Å². The summed E-state index contributed by atoms with van der Waals surface area (Å²) >= 11 is 0. The average molecular weight is 473 g/mol. The Morgan fingerprint density at radius 1 is 0.943 bits per heavy atom. The number of likely N-dealkylation sites (tertiary alicyclic amines) is 1. The molecule has 0 aromatic heterocycles. The molecule has 0 bridgehead atoms. The van der Waals surface area contributed by atoms with E-state index in [0.717, 1.165) is 54.1 Å². The summed E-state index contributed by atoms with van der Waals surface area (Å²) in [6, 6.07) is 18.9. The van der Waals surface area contributed by atoms with E-state index in [9.17, 15) is 4.79 Å². The van der Waals surface area contributed by atoms with Gasteiger partial charge in [0, 0.05) is 30.9 Å². The van der Waals surface area contributed by atoms with Crippen molar-refractivity contribution in [1.82, 2.24) is 4.90 Å². The van der Waals surface area contributed by atoms with Crippen LogP contribution in [-0.2, 0) is 6.61 Å². The zero-order valence-corrected chi connectivity index (χ0v) is 19.7. The molecule has 35 heavy (non-hydrogen) atoms. The Hall–Kier alpha value is -4.00. The van der Waals surface area contributed by atoms with E-state index in [1.807, 2.05) is 65.6 Å². The highest BCUT2D eigenvalue weighted by Crippen LogP contribution is 2.35. The summed E-state index contributed by atoms with van der Waals surface area (Å²) in [6.07, 6.45) is 5.14. The Bertz CT molecular complexity index is 1220. The Labute approximate surface area is 204 Å². The number of hydrogen-bond donors (Lipinski definition) is 0. The van der Waals surface area contributed by atoms with Crippen LogP contribution in [0.5, 0.6) is 23.0 Å². The van der Waals surface area contributed by atoms with Crippen LogP contribution in [0.15, 0.2) is 65.7 Å². The van der Waals surface area contributed by atoms with Crippen LogP contribution in [0.1, 0.15) is 40.7 Å². The molecule has 7 nitrogen and oxygen atoms in total. The Morgan fingerprint density at radius 3 is 2.54 bits per heavy atom. The molecule has 0 radical (unpaired) electrons. The second-order valence-corrected chi connectivity index (χ2v) is 8.54. The molecule has 0 spiro atoms. The smallest absolute Gasteiger partial charge is 0.253 e. The Morgan fingerprint density at radius 2 is 1.74 bits per heavy atom. The fourth-order valence-corrected chi connectivity index (χ4v) is 4.18. The van der Waals surface area contributed by atoms with Crippen LogP contribution in [0.25, 0.3) is 0 Å². The minimum Gasteiger partial charge on any atom is -0.493 e. The van der Waals surface area contributed by atoms with Crippen LogP contribution >= 0.6 is 0 Å². The van der Waals surface area contributed by atoms with Crippen molar-refractivity contribution in [1.29, 1.82) is 0 Å². The standard InChI is InChI=1S/C28H28N2O5/c1-32-26-15-21(17-29-23-10-12-25-27(16-23)35-19-34-25)7-11-24(26)33-18-20-5-8-22(9-6-20)28(31)30-13-3-2-4-14-30/h5-12,15-17H,2-4,13-14,18-19H2,1H3. The molecule has 0 aliphatic carbocycles. The molecule has 1 fully saturated rings. The van der Waals surface area contributed by atoms with Gasteiger partial charge in [-0.3, -0.25) is 9.79 Å². The Balaban J connectivity index is 1.20. The lowest BCUT2D eigenvalue weighted by Gasteiger charge is -2.26. The van der Waals surface area contributed by atoms with Crippen molar-refractivity contribution in [2.45, 2.75) is 25.9 Å². The van der Waals surface area contributed by atoms with Crippen molar-refractivity contribution in [2.75, 3.05) is 27.0 Å². The highest BCUT2D eigenvalue weighted by molar-refractivity contribution is 5.94. The Kier molecular flexibility index (Phi) is 6.84. The molecule has 0 N–H and O–H groups in total. The van der Waals surface area contributed by atoms with Gasteiger partial charge in [0.15, 0.2) is 23.0 Å². The van der Waals surface area contributed by atoms with Gasteiger partial charge in [0.2, 0.25) is 6.79 Å². The lowest BCUT2D eigenvalue weighted by Crippen LogP contribution is -2.35. The number of hydrogen-bond acceptors (Lipinski definition) is 6. The fraction of sp³-hybridized carbons (Fsp3) is 0.286. The van der Waals surface area contributed by atoms with Gasteiger partial charge in [-0.2, -0.15) is 0 Å². The van der Waals surface area contributed by atoms with E-state index in [0.29, 0.717) is 23.9 Å². The van der Waals surface area contributed by atoms with E-state index in [1.165, 1.54) is 6.42 Å². The van der Waals surface area contributed by atoms with E-state index in [2.05, 4.69) is 4.99 Å². The largest absolute Gasteiger partial charge is 0.493 e. The molecule has 7 heteroatoms. The van der Waals surface area contributed by atoms with Gasteiger partial charge in [-0.25, -0.2) is 0 Å². The number of fused-ring (bicyclic) bond motifs is 1. The highest BCUT2D eigenvalue weighted by Gasteiger charge is 2.18. The first-order chi connectivity index (χ1) is 17.2. The van der Waals surface area contributed by atoms with Crippen LogP contribution in [0.3, 0.4) is 0 Å². The van der Waals surface area contributed by atoms with Crippen LogP contribution in [0, 0.1) is 0 Å². The summed E-state index contributed by atoms with van der Waals surface area (Å²) in [5.41, 5.74) is 3.36. The van der Waals surface area contributed by atoms with E-state index in [-0.39, 0.29) is 12.7 Å². The topological polar surface area (TPSA) is 69.6 Å². The van der Waals surface area contributed by atoms with E-state index in [1.54, 1.807) is 13.3 Å². The fourth-order valence-electron chi connectivity index (χ4n) is 4.18. The highest BCUT2D eigenvalue weighted by atomic mass is 16.7. The zero-order valence-electron chi connectivity index (χ0n) is 19.7. The summed E-state index contributed by atoms with van der Waals surface area (Å²) in [6.45, 7) is 2.31. The van der Waals surface area contributed by atoms with Crippen molar-refractivity contribution in [3.63, 3.8) is 0 Å². The van der Waals surface area contributed by atoms with E-state index < -0.39 is 0 Å². The minimum atomic E-state index is 0.108. The van der Waals surface area contributed by atoms with E-state index >= 15 is 0 Å². The number of amides is 1. The predicted molar refractivity (Wildman–Crippen MR) is 133 cm³/mol. The summed E-state index contributed by atoms with van der Waals surface area (Å²) in [5.74, 6) is 2.80. The number of aliphatic imine (C=N–C) groups is 1. The molecule has 3 aromatic rings. The lowest BCUT2D eigenvalue weighted by atomic mass is 10.1. The molecule has 0 atom stereocenters. The molecule has 180 valence electrons. The maximum absolute atomic E-state index is 12.7. The molecular weight excluding hydrogens is 444 g/mol. The van der Waals surface area contributed by atoms with Gasteiger partial charge >= 0.3 is 0 Å². The first-order valence-corrected chi connectivity index (χ1v) is 11.8. The van der Waals surface area contributed by atoms with Crippen LogP contribution < -0.4 is 18.9 Å². The normalized spacial score (nSPS) is 14.8. The summed E-state index contributed by atoms with van der Waals surface area (Å²) in [4.78, 5) is 19.1. The number of benzene rings is 3. The molecule has 0 saturated carbocycles. The second kappa shape index (κ2) is 10.5. The van der Waals surface area contributed by atoms with Crippen LogP contribution in [-0.4, -0.2) is 44.0 Å². The SMILES string of the molecule is COc1cc(C=Nc2ccc3c(c2)OCO3)ccc1OCc1ccc(C(=O)N2CCCCC2)cc1. The van der Waals surface area contributed by atoms with Gasteiger partial charge in [0.25, 0.3) is 5.91 Å². The number of piperidine rings is 1. The molecular formula is C28H28N2O5. The van der Waals surface area contributed by atoms with Crippen LogP contribution in [0.2, 0.25) is 0 Å². The van der Waals surface area contributed by atoms with Crippen molar-refractivity contribution in [3.8, 4) is 23.0 Å². The zero-order chi connectivity index (χ0) is 24.0. The molecule has 2 aliphatic rings. The maximum Gasteiger partial charge on any atom is 0.253 e. The predicted octanol–water partition coefficient (Wildman–Crippen LogP) is 5.38. The van der Waals surface area contributed by atoms with Gasteiger partial charge in [0.05, 0.1) is 12.8 Å². The third-order valence-electron chi connectivity index (χ3n) is 6.15. The number of carbonyl (C=O) groups is 1. The summed E-state index contributed by atoms with van der Waals surface area (Å²) in [7, 11) is 1.61. The van der Waals surface area contributed by atoms with Gasteiger partial charge in [-0.05, 0) is 72.9 Å². The first kappa shape index (κ1) is 22.8. The quantitative estimate of drug-likeness (QED) is 0.432. The number of methoxy groups -OCH3 is 1. The van der Waals surface area contributed by atoms with Gasteiger partial charge in [-0.15, -0.1) is 0 Å². The minimum absolute atomic E-state index is 0.108. The van der Waals surface area contributed by atoms with Crippen molar-refractivity contribution >= 4 is 17.8 Å². The molecule has 2 aliphatic heterocycles. The number of rotatable bonds is 7. The molecule has 1 saturated heterocycles. The summed E-state index contributed by atoms with van der Waals surface area (Å²) < 4.78 is 22.3. The number of nitrogens with zero attached hydrogens (tertiary/aromatic N) is 2. The van der Waals surface area contributed by atoms with Crippen molar-refractivity contribution in [3.05, 3.63) is 77.4 Å². The molecule has 3 aromatic carbocycles. The molecule has 1 amide bonds. The van der Waals surface area contributed by atoms with Crippen molar-refractivity contribution in [2.24, 2.45) is 4.99 Å². The van der Waals surface area contributed by atoms with Gasteiger partial charge < -0.3 is 23.8 Å². The first-order valence-electron chi connectivity index (χ1n) is 11.8. The monoisotopic (exact) mass is 472 g/mol. The lowest BCUT2D eigenvalue weighted by molar-refractivity contribution is 0.0724. The number of carbonyl (C=O) groups excluding carboxylic acids is 1. The van der Waals surface area contributed by atoms with E-state index in [4.69, 9.17) is 18.9 Å². The molecule has 2 heterocycles. The summed E-state index contributed by atoms with van der Waals surface area (Å²) in [5, 5.41) is 0. The average Bonchev–Trinajstić information content (AvgIpc) is 3.39.